The van der Waals surface area contributed by atoms with Crippen LogP contribution in [0, 0.1) is 0 Å². The monoisotopic (exact) mass is 473 g/mol. The van der Waals surface area contributed by atoms with Gasteiger partial charge in [-0.05, 0) is 42.0 Å². The summed E-state index contributed by atoms with van der Waals surface area (Å²) in [5, 5.41) is 15.3. The Labute approximate surface area is 195 Å². The first-order valence-electron chi connectivity index (χ1n) is 9.70. The second-order valence-electron chi connectivity index (χ2n) is 6.86. The van der Waals surface area contributed by atoms with E-state index in [0.717, 1.165) is 11.5 Å². The van der Waals surface area contributed by atoms with Crippen molar-refractivity contribution in [3.05, 3.63) is 87.5 Å². The quantitative estimate of drug-likeness (QED) is 0.424. The van der Waals surface area contributed by atoms with Gasteiger partial charge in [0.05, 0.1) is 21.3 Å². The first kappa shape index (κ1) is 23.4. The van der Waals surface area contributed by atoms with E-state index in [4.69, 9.17) is 27.9 Å². The molecule has 1 amide bonds. The van der Waals surface area contributed by atoms with Crippen molar-refractivity contribution in [1.82, 2.24) is 10.3 Å². The van der Waals surface area contributed by atoms with Gasteiger partial charge in [-0.25, -0.2) is 9.78 Å². The maximum atomic E-state index is 12.5. The predicted molar refractivity (Wildman–Crippen MR) is 124 cm³/mol. The number of pyridine rings is 1. The first-order valence-corrected chi connectivity index (χ1v) is 10.5. The molecule has 0 radical (unpaired) electrons. The Hall–Kier alpha value is -3.29. The van der Waals surface area contributed by atoms with Crippen LogP contribution >= 0.6 is 23.2 Å². The summed E-state index contributed by atoms with van der Waals surface area (Å²) in [7, 11) is 1.79. The molecule has 0 aliphatic heterocycles. The summed E-state index contributed by atoms with van der Waals surface area (Å²) in [6.07, 6.45) is 0.0786. The molecule has 0 aliphatic rings. The van der Waals surface area contributed by atoms with Gasteiger partial charge in [-0.3, -0.25) is 4.79 Å². The fourth-order valence-electron chi connectivity index (χ4n) is 2.96. The molecule has 3 aromatic rings. The van der Waals surface area contributed by atoms with Crippen molar-refractivity contribution in [2.75, 3.05) is 12.4 Å². The van der Waals surface area contributed by atoms with Crippen LogP contribution < -0.4 is 15.4 Å². The molecule has 1 unspecified atom stereocenters. The molecule has 2 aromatic carbocycles. The van der Waals surface area contributed by atoms with Crippen molar-refractivity contribution < 1.29 is 19.4 Å². The van der Waals surface area contributed by atoms with Crippen molar-refractivity contribution in [2.45, 2.75) is 19.1 Å². The molecule has 0 bridgehead atoms. The van der Waals surface area contributed by atoms with Crippen LogP contribution in [0.1, 0.15) is 21.6 Å². The number of nitrogens with zero attached hydrogens (tertiary/aromatic N) is 1. The van der Waals surface area contributed by atoms with Crippen molar-refractivity contribution in [1.29, 1.82) is 0 Å². The third-order valence-electron chi connectivity index (χ3n) is 4.61. The summed E-state index contributed by atoms with van der Waals surface area (Å²) in [5.41, 5.74) is 1.53. The van der Waals surface area contributed by atoms with E-state index in [9.17, 15) is 14.7 Å². The standard InChI is InChI=1S/C23H21Cl2N3O4/c1-26-20-7-2-4-15(27-20)13-32-16-10-8-14(9-11-16)12-19(23(30)31)28-22(29)21-17(24)5-3-6-18(21)25/h2-11,19H,12-13H2,1H3,(H,26,27)(H,28,29)(H,30,31). The highest BCUT2D eigenvalue weighted by atomic mass is 35.5. The highest BCUT2D eigenvalue weighted by Gasteiger charge is 2.23. The highest BCUT2D eigenvalue weighted by Crippen LogP contribution is 2.24. The van der Waals surface area contributed by atoms with Crippen molar-refractivity contribution >= 4 is 40.9 Å². The molecule has 0 fully saturated rings. The van der Waals surface area contributed by atoms with Gasteiger partial charge in [0, 0.05) is 13.5 Å². The van der Waals surface area contributed by atoms with Gasteiger partial charge in [0.1, 0.15) is 24.2 Å². The van der Waals surface area contributed by atoms with Crippen LogP contribution in [0.25, 0.3) is 0 Å². The maximum absolute atomic E-state index is 12.5. The van der Waals surface area contributed by atoms with E-state index >= 15 is 0 Å². The number of aliphatic carboxylic acids is 1. The van der Waals surface area contributed by atoms with Crippen molar-refractivity contribution in [2.24, 2.45) is 0 Å². The number of halogens is 2. The van der Waals surface area contributed by atoms with E-state index in [-0.39, 0.29) is 22.0 Å². The van der Waals surface area contributed by atoms with Gasteiger partial charge >= 0.3 is 5.97 Å². The van der Waals surface area contributed by atoms with Crippen LogP contribution in [0.2, 0.25) is 10.0 Å². The minimum atomic E-state index is -1.17. The smallest absolute Gasteiger partial charge is 0.326 e. The van der Waals surface area contributed by atoms with Gasteiger partial charge in [-0.15, -0.1) is 0 Å². The van der Waals surface area contributed by atoms with Gasteiger partial charge < -0.3 is 20.5 Å². The zero-order valence-electron chi connectivity index (χ0n) is 17.1. The summed E-state index contributed by atoms with van der Waals surface area (Å²) < 4.78 is 5.74. The zero-order valence-corrected chi connectivity index (χ0v) is 18.7. The number of carboxylic acid groups (broad SMARTS) is 1. The van der Waals surface area contributed by atoms with Gasteiger partial charge in [0.15, 0.2) is 0 Å². The number of nitrogens with one attached hydrogen (secondary N) is 2. The minimum Gasteiger partial charge on any atom is -0.487 e. The Kier molecular flexibility index (Phi) is 7.92. The summed E-state index contributed by atoms with van der Waals surface area (Å²) in [5.74, 6) is -0.452. The van der Waals surface area contributed by atoms with Gasteiger partial charge in [-0.1, -0.05) is 47.5 Å². The van der Waals surface area contributed by atoms with Gasteiger partial charge in [-0.2, -0.15) is 0 Å². The van der Waals surface area contributed by atoms with Crippen LogP contribution in [0.3, 0.4) is 0 Å². The largest absolute Gasteiger partial charge is 0.487 e. The summed E-state index contributed by atoms with van der Waals surface area (Å²) in [6.45, 7) is 0.293. The molecule has 1 heterocycles. The maximum Gasteiger partial charge on any atom is 0.326 e. The van der Waals surface area contributed by atoms with E-state index in [1.807, 2.05) is 18.2 Å². The Balaban J connectivity index is 1.62. The molecule has 9 heteroatoms. The molecule has 7 nitrogen and oxygen atoms in total. The van der Waals surface area contributed by atoms with Crippen LogP contribution in [0.15, 0.2) is 60.7 Å². The topological polar surface area (TPSA) is 101 Å². The Morgan fingerprint density at radius 3 is 2.31 bits per heavy atom. The summed E-state index contributed by atoms with van der Waals surface area (Å²) in [4.78, 5) is 28.6. The van der Waals surface area contributed by atoms with E-state index in [2.05, 4.69) is 15.6 Å². The molecular weight excluding hydrogens is 453 g/mol. The summed E-state index contributed by atoms with van der Waals surface area (Å²) in [6, 6.07) is 16.1. The molecule has 0 aliphatic carbocycles. The fourth-order valence-corrected chi connectivity index (χ4v) is 3.53. The number of anilines is 1. The van der Waals surface area contributed by atoms with Crippen LogP contribution in [-0.2, 0) is 17.8 Å². The van der Waals surface area contributed by atoms with Crippen LogP contribution in [0.5, 0.6) is 5.75 Å². The Morgan fingerprint density at radius 1 is 1.03 bits per heavy atom. The molecule has 3 N–H and O–H groups in total. The lowest BCUT2D eigenvalue weighted by molar-refractivity contribution is -0.139. The average Bonchev–Trinajstić information content (AvgIpc) is 2.78. The second-order valence-corrected chi connectivity index (χ2v) is 7.68. The Morgan fingerprint density at radius 2 is 1.69 bits per heavy atom. The molecule has 0 saturated carbocycles. The third-order valence-corrected chi connectivity index (χ3v) is 5.24. The number of hydrogen-bond donors (Lipinski definition) is 3. The molecule has 0 spiro atoms. The molecular formula is C23H21Cl2N3O4. The van der Waals surface area contributed by atoms with E-state index in [1.165, 1.54) is 12.1 Å². The number of carboxylic acids is 1. The van der Waals surface area contributed by atoms with Crippen molar-refractivity contribution in [3.8, 4) is 5.75 Å². The number of rotatable bonds is 9. The van der Waals surface area contributed by atoms with Gasteiger partial charge in [0.25, 0.3) is 5.91 Å². The molecule has 0 saturated heterocycles. The van der Waals surface area contributed by atoms with E-state index in [1.54, 1.807) is 37.4 Å². The number of hydrogen-bond acceptors (Lipinski definition) is 5. The lowest BCUT2D eigenvalue weighted by Gasteiger charge is -2.16. The number of ether oxygens (including phenoxy) is 1. The van der Waals surface area contributed by atoms with Crippen LogP contribution in [-0.4, -0.2) is 35.1 Å². The van der Waals surface area contributed by atoms with Crippen molar-refractivity contribution in [3.63, 3.8) is 0 Å². The van der Waals surface area contributed by atoms with Crippen LogP contribution in [0.4, 0.5) is 5.82 Å². The molecule has 166 valence electrons. The van der Waals surface area contributed by atoms with E-state index < -0.39 is 17.9 Å². The number of amides is 1. The minimum absolute atomic E-state index is 0.0433. The fraction of sp³-hybridized carbons (Fsp3) is 0.174. The highest BCUT2D eigenvalue weighted by molar-refractivity contribution is 6.39. The number of benzene rings is 2. The number of carbonyl (C=O) groups is 2. The number of aromatic nitrogens is 1. The number of carbonyl (C=O) groups excluding carboxylic acids is 1. The normalized spacial score (nSPS) is 11.5. The summed E-state index contributed by atoms with van der Waals surface area (Å²) >= 11 is 12.1. The second kappa shape index (κ2) is 10.8. The zero-order chi connectivity index (χ0) is 23.1. The lowest BCUT2D eigenvalue weighted by atomic mass is 10.1. The van der Waals surface area contributed by atoms with E-state index in [0.29, 0.717) is 17.9 Å². The van der Waals surface area contributed by atoms with Gasteiger partial charge in [0.2, 0.25) is 0 Å². The predicted octanol–water partition coefficient (Wildman–Crippen LogP) is 4.43. The molecule has 3 rings (SSSR count). The Bertz CT molecular complexity index is 1090. The molecule has 32 heavy (non-hydrogen) atoms. The molecule has 1 atom stereocenters. The molecule has 1 aromatic heterocycles. The lowest BCUT2D eigenvalue weighted by Crippen LogP contribution is -2.42. The SMILES string of the molecule is CNc1cccc(COc2ccc(CC(NC(=O)c3c(Cl)cccc3Cl)C(=O)O)cc2)n1. The first-order chi connectivity index (χ1) is 15.4. The average molecular weight is 474 g/mol. The third kappa shape index (κ3) is 6.12.